The van der Waals surface area contributed by atoms with Crippen molar-refractivity contribution in [2.24, 2.45) is 5.92 Å². The predicted octanol–water partition coefficient (Wildman–Crippen LogP) is 3.24. The summed E-state index contributed by atoms with van der Waals surface area (Å²) in [5.41, 5.74) is 0. The number of amides is 1. The SMILES string of the molecule is CCC1CCCC(NC(=O)C(C)(C)Br)C1. The minimum atomic E-state index is -0.438. The van der Waals surface area contributed by atoms with Crippen LogP contribution in [0, 0.1) is 5.92 Å². The number of rotatable bonds is 3. The van der Waals surface area contributed by atoms with Crippen LogP contribution >= 0.6 is 15.9 Å². The van der Waals surface area contributed by atoms with E-state index in [0.29, 0.717) is 6.04 Å². The van der Waals surface area contributed by atoms with Crippen LogP contribution in [0.2, 0.25) is 0 Å². The van der Waals surface area contributed by atoms with Crippen LogP contribution in [0.4, 0.5) is 0 Å². The summed E-state index contributed by atoms with van der Waals surface area (Å²) < 4.78 is -0.438. The number of alkyl halides is 1. The van der Waals surface area contributed by atoms with E-state index >= 15 is 0 Å². The number of carbonyl (C=O) groups is 1. The highest BCUT2D eigenvalue weighted by Gasteiger charge is 2.28. The second kappa shape index (κ2) is 5.33. The normalized spacial score (nSPS) is 27.5. The van der Waals surface area contributed by atoms with Crippen molar-refractivity contribution < 1.29 is 4.79 Å². The fourth-order valence-electron chi connectivity index (χ4n) is 2.15. The van der Waals surface area contributed by atoms with Gasteiger partial charge in [-0.05, 0) is 32.6 Å². The maximum atomic E-state index is 11.8. The average Bonchev–Trinajstić information content (AvgIpc) is 2.16. The van der Waals surface area contributed by atoms with Crippen LogP contribution in [0.1, 0.15) is 52.9 Å². The van der Waals surface area contributed by atoms with Gasteiger partial charge in [0.2, 0.25) is 5.91 Å². The Balaban J connectivity index is 2.41. The number of hydrogen-bond donors (Lipinski definition) is 1. The summed E-state index contributed by atoms with van der Waals surface area (Å²) in [6.07, 6.45) is 6.13. The van der Waals surface area contributed by atoms with E-state index in [2.05, 4.69) is 28.2 Å². The molecule has 1 aliphatic carbocycles. The molecule has 88 valence electrons. The van der Waals surface area contributed by atoms with Crippen LogP contribution in [0.5, 0.6) is 0 Å². The first-order valence-corrected chi connectivity index (χ1v) is 6.72. The highest BCUT2D eigenvalue weighted by atomic mass is 79.9. The fraction of sp³-hybridized carbons (Fsp3) is 0.917. The van der Waals surface area contributed by atoms with E-state index in [1.165, 1.54) is 19.3 Å². The average molecular weight is 276 g/mol. The van der Waals surface area contributed by atoms with Crippen molar-refractivity contribution in [3.05, 3.63) is 0 Å². The summed E-state index contributed by atoms with van der Waals surface area (Å²) in [7, 11) is 0. The van der Waals surface area contributed by atoms with Crippen molar-refractivity contribution in [1.29, 1.82) is 0 Å². The van der Waals surface area contributed by atoms with Crippen molar-refractivity contribution in [2.45, 2.75) is 63.2 Å². The third kappa shape index (κ3) is 4.13. The maximum absolute atomic E-state index is 11.8. The first-order valence-electron chi connectivity index (χ1n) is 5.93. The Morgan fingerprint density at radius 3 is 2.67 bits per heavy atom. The topological polar surface area (TPSA) is 29.1 Å². The lowest BCUT2D eigenvalue weighted by molar-refractivity contribution is -0.123. The Kier molecular flexibility index (Phi) is 4.63. The van der Waals surface area contributed by atoms with E-state index in [4.69, 9.17) is 0 Å². The number of halogens is 1. The Morgan fingerprint density at radius 1 is 1.47 bits per heavy atom. The van der Waals surface area contributed by atoms with E-state index in [1.807, 2.05) is 13.8 Å². The van der Waals surface area contributed by atoms with Crippen molar-refractivity contribution in [2.75, 3.05) is 0 Å². The molecule has 1 amide bonds. The Hall–Kier alpha value is -0.0500. The third-order valence-corrected chi connectivity index (χ3v) is 3.60. The minimum absolute atomic E-state index is 0.115. The largest absolute Gasteiger partial charge is 0.352 e. The van der Waals surface area contributed by atoms with Gasteiger partial charge in [-0.1, -0.05) is 42.1 Å². The van der Waals surface area contributed by atoms with Crippen LogP contribution in [0.3, 0.4) is 0 Å². The van der Waals surface area contributed by atoms with Crippen LogP contribution in [-0.4, -0.2) is 16.3 Å². The molecule has 0 heterocycles. The Bertz CT molecular complexity index is 222. The monoisotopic (exact) mass is 275 g/mol. The molecule has 0 aliphatic heterocycles. The zero-order valence-corrected chi connectivity index (χ0v) is 11.6. The highest BCUT2D eigenvalue weighted by molar-refractivity contribution is 9.10. The van der Waals surface area contributed by atoms with Crippen molar-refractivity contribution in [3.8, 4) is 0 Å². The lowest BCUT2D eigenvalue weighted by Crippen LogP contribution is -2.45. The maximum Gasteiger partial charge on any atom is 0.236 e. The fourth-order valence-corrected chi connectivity index (χ4v) is 2.26. The first-order chi connectivity index (χ1) is 6.93. The van der Waals surface area contributed by atoms with Gasteiger partial charge in [-0.25, -0.2) is 0 Å². The van der Waals surface area contributed by atoms with Gasteiger partial charge in [-0.2, -0.15) is 0 Å². The van der Waals surface area contributed by atoms with Crippen LogP contribution in [0.25, 0.3) is 0 Å². The molecule has 0 aromatic carbocycles. The lowest BCUT2D eigenvalue weighted by atomic mass is 9.84. The Morgan fingerprint density at radius 2 is 2.13 bits per heavy atom. The van der Waals surface area contributed by atoms with E-state index < -0.39 is 4.32 Å². The van der Waals surface area contributed by atoms with Crippen molar-refractivity contribution in [1.82, 2.24) is 5.32 Å². The standard InChI is InChI=1S/C12H22BrNO/c1-4-9-6-5-7-10(8-9)14-11(15)12(2,3)13/h9-10H,4-8H2,1-3H3,(H,14,15). The van der Waals surface area contributed by atoms with Gasteiger partial charge in [-0.15, -0.1) is 0 Å². The van der Waals surface area contributed by atoms with Gasteiger partial charge in [0.25, 0.3) is 0 Å². The van der Waals surface area contributed by atoms with E-state index in [0.717, 1.165) is 18.8 Å². The van der Waals surface area contributed by atoms with Gasteiger partial charge in [0.15, 0.2) is 0 Å². The summed E-state index contributed by atoms with van der Waals surface area (Å²) in [6.45, 7) is 6.02. The summed E-state index contributed by atoms with van der Waals surface area (Å²) in [4.78, 5) is 11.8. The second-order valence-electron chi connectivity index (χ2n) is 5.08. The van der Waals surface area contributed by atoms with Crippen LogP contribution < -0.4 is 5.32 Å². The molecule has 2 nitrogen and oxygen atoms in total. The van der Waals surface area contributed by atoms with Crippen molar-refractivity contribution >= 4 is 21.8 Å². The van der Waals surface area contributed by atoms with E-state index in [9.17, 15) is 4.79 Å². The number of carbonyl (C=O) groups excluding carboxylic acids is 1. The van der Waals surface area contributed by atoms with Gasteiger partial charge in [0.1, 0.15) is 0 Å². The molecule has 1 fully saturated rings. The quantitative estimate of drug-likeness (QED) is 0.788. The molecule has 0 aromatic heterocycles. The minimum Gasteiger partial charge on any atom is -0.352 e. The molecule has 3 heteroatoms. The second-order valence-corrected chi connectivity index (χ2v) is 7.07. The molecule has 0 radical (unpaired) electrons. The summed E-state index contributed by atoms with van der Waals surface area (Å²) in [5.74, 6) is 0.923. The van der Waals surface area contributed by atoms with Crippen LogP contribution in [-0.2, 0) is 4.79 Å². The molecule has 2 atom stereocenters. The molecule has 1 N–H and O–H groups in total. The Labute approximate surface area is 101 Å². The molecule has 0 spiro atoms. The molecule has 1 aliphatic rings. The molecule has 0 bridgehead atoms. The molecule has 15 heavy (non-hydrogen) atoms. The molecule has 1 rings (SSSR count). The number of nitrogens with one attached hydrogen (secondary N) is 1. The van der Waals surface area contributed by atoms with Gasteiger partial charge in [0.05, 0.1) is 4.32 Å². The first kappa shape index (κ1) is 13.0. The summed E-state index contributed by atoms with van der Waals surface area (Å²) >= 11 is 3.39. The van der Waals surface area contributed by atoms with Gasteiger partial charge in [0, 0.05) is 6.04 Å². The van der Waals surface area contributed by atoms with E-state index in [1.54, 1.807) is 0 Å². The molecular weight excluding hydrogens is 254 g/mol. The van der Waals surface area contributed by atoms with Crippen molar-refractivity contribution in [3.63, 3.8) is 0 Å². The zero-order valence-electron chi connectivity index (χ0n) is 9.98. The number of hydrogen-bond acceptors (Lipinski definition) is 1. The summed E-state index contributed by atoms with van der Waals surface area (Å²) in [5, 5.41) is 3.14. The lowest BCUT2D eigenvalue weighted by Gasteiger charge is -2.30. The smallest absolute Gasteiger partial charge is 0.236 e. The van der Waals surface area contributed by atoms with E-state index in [-0.39, 0.29) is 5.91 Å². The third-order valence-electron chi connectivity index (χ3n) is 3.24. The molecule has 0 aromatic rings. The molecule has 1 saturated carbocycles. The van der Waals surface area contributed by atoms with Crippen LogP contribution in [0.15, 0.2) is 0 Å². The molecule has 0 saturated heterocycles. The molecule has 2 unspecified atom stereocenters. The highest BCUT2D eigenvalue weighted by Crippen LogP contribution is 2.27. The van der Waals surface area contributed by atoms with Gasteiger partial charge in [-0.3, -0.25) is 4.79 Å². The predicted molar refractivity (Wildman–Crippen MR) is 67.2 cm³/mol. The van der Waals surface area contributed by atoms with Gasteiger partial charge < -0.3 is 5.32 Å². The zero-order chi connectivity index (χ0) is 11.5. The summed E-state index contributed by atoms with van der Waals surface area (Å²) in [6, 6.07) is 0.396. The molecular formula is C12H22BrNO. The van der Waals surface area contributed by atoms with Gasteiger partial charge >= 0.3 is 0 Å².